The Balaban J connectivity index is 1.85. The molecule has 3 aromatic rings. The van der Waals surface area contributed by atoms with E-state index < -0.39 is 0 Å². The van der Waals surface area contributed by atoms with Gasteiger partial charge in [-0.15, -0.1) is 5.10 Å². The van der Waals surface area contributed by atoms with Crippen molar-refractivity contribution < 1.29 is 9.32 Å². The van der Waals surface area contributed by atoms with Crippen molar-refractivity contribution in [2.45, 2.75) is 33.0 Å². The molecule has 0 aliphatic carbocycles. The van der Waals surface area contributed by atoms with Gasteiger partial charge in [-0.2, -0.15) is 0 Å². The minimum atomic E-state index is -0.304. The van der Waals surface area contributed by atoms with Crippen LogP contribution in [0.15, 0.2) is 52.0 Å². The molecule has 1 aromatic carbocycles. The van der Waals surface area contributed by atoms with Crippen LogP contribution in [0.1, 0.15) is 25.6 Å². The summed E-state index contributed by atoms with van der Waals surface area (Å²) in [6.45, 7) is 4.06. The van der Waals surface area contributed by atoms with E-state index >= 15 is 0 Å². The lowest BCUT2D eigenvalue weighted by molar-refractivity contribution is -0.132. The highest BCUT2D eigenvalue weighted by atomic mass is 16.5. The van der Waals surface area contributed by atoms with E-state index in [4.69, 9.17) is 4.52 Å². The van der Waals surface area contributed by atoms with Crippen LogP contribution in [-0.4, -0.2) is 37.4 Å². The maximum atomic E-state index is 12.6. The van der Waals surface area contributed by atoms with Crippen LogP contribution in [0.4, 0.5) is 0 Å². The highest BCUT2D eigenvalue weighted by Gasteiger charge is 2.22. The molecule has 0 N–H and O–H groups in total. The van der Waals surface area contributed by atoms with Gasteiger partial charge < -0.3 is 9.42 Å². The fraction of sp³-hybridized carbons (Fsp3) is 0.333. The second kappa shape index (κ2) is 7.38. The Morgan fingerprint density at radius 3 is 2.62 bits per heavy atom. The fourth-order valence-electron chi connectivity index (χ4n) is 2.72. The van der Waals surface area contributed by atoms with Crippen molar-refractivity contribution in [3.8, 4) is 11.4 Å². The van der Waals surface area contributed by atoms with E-state index in [1.807, 2.05) is 44.2 Å². The zero-order valence-electron chi connectivity index (χ0n) is 15.0. The zero-order valence-corrected chi connectivity index (χ0v) is 15.0. The van der Waals surface area contributed by atoms with Crippen molar-refractivity contribution in [3.63, 3.8) is 0 Å². The lowest BCUT2D eigenvalue weighted by Crippen LogP contribution is -2.36. The normalized spacial score (nSPS) is 12.1. The highest BCUT2D eigenvalue weighted by molar-refractivity contribution is 5.76. The molecule has 1 atom stereocenters. The number of amides is 1. The number of carbonyl (C=O) groups excluding carboxylic acids is 1. The molecule has 0 bridgehead atoms. The van der Waals surface area contributed by atoms with Crippen molar-refractivity contribution in [2.24, 2.45) is 0 Å². The first-order valence-corrected chi connectivity index (χ1v) is 8.42. The molecule has 0 aliphatic heterocycles. The molecular formula is C18H21N5O3. The number of likely N-dealkylation sites (N-methyl/N-ethyl adjacent to an activating group) is 1. The molecule has 2 heterocycles. The molecule has 0 saturated heterocycles. The Morgan fingerprint density at radius 2 is 2.00 bits per heavy atom. The molecule has 8 heteroatoms. The van der Waals surface area contributed by atoms with E-state index in [0.29, 0.717) is 18.1 Å². The number of carbonyl (C=O) groups is 1. The number of aromatic nitrogens is 4. The number of rotatable bonds is 6. The van der Waals surface area contributed by atoms with Gasteiger partial charge in [0.15, 0.2) is 5.82 Å². The molecule has 0 radical (unpaired) electrons. The van der Waals surface area contributed by atoms with Gasteiger partial charge in [-0.1, -0.05) is 35.5 Å². The average Bonchev–Trinajstić information content (AvgIpc) is 3.30. The summed E-state index contributed by atoms with van der Waals surface area (Å²) >= 11 is 0. The van der Waals surface area contributed by atoms with Crippen molar-refractivity contribution in [2.75, 3.05) is 7.05 Å². The number of hydrogen-bond acceptors (Lipinski definition) is 5. The monoisotopic (exact) mass is 355 g/mol. The Morgan fingerprint density at radius 1 is 1.27 bits per heavy atom. The third-order valence-corrected chi connectivity index (χ3v) is 4.42. The van der Waals surface area contributed by atoms with Crippen LogP contribution in [0.25, 0.3) is 11.4 Å². The van der Waals surface area contributed by atoms with Crippen LogP contribution in [-0.2, 0) is 17.9 Å². The van der Waals surface area contributed by atoms with Crippen molar-refractivity contribution >= 4 is 5.91 Å². The molecular weight excluding hydrogens is 334 g/mol. The smallest absolute Gasteiger partial charge is 0.346 e. The van der Waals surface area contributed by atoms with Gasteiger partial charge in [0.05, 0.1) is 6.04 Å². The Hall–Kier alpha value is -3.16. The SMILES string of the molecule is CCn1c(-c2ccccc2)nn(CC(=O)N(C)[C@@H](C)c2ccon2)c1=O. The molecule has 0 aliphatic rings. The van der Waals surface area contributed by atoms with Gasteiger partial charge >= 0.3 is 5.69 Å². The van der Waals surface area contributed by atoms with E-state index in [0.717, 1.165) is 5.56 Å². The van der Waals surface area contributed by atoms with Crippen molar-refractivity contribution in [1.29, 1.82) is 0 Å². The Labute approximate surface area is 150 Å². The lowest BCUT2D eigenvalue weighted by atomic mass is 10.2. The van der Waals surface area contributed by atoms with E-state index in [1.165, 1.54) is 15.8 Å². The van der Waals surface area contributed by atoms with E-state index in [-0.39, 0.29) is 24.2 Å². The third-order valence-electron chi connectivity index (χ3n) is 4.42. The third kappa shape index (κ3) is 3.30. The molecule has 1 amide bonds. The Bertz CT molecular complexity index is 928. The molecule has 0 unspecified atom stereocenters. The first-order chi connectivity index (χ1) is 12.5. The largest absolute Gasteiger partial charge is 0.364 e. The fourth-order valence-corrected chi connectivity index (χ4v) is 2.72. The van der Waals surface area contributed by atoms with Gasteiger partial charge in [0.1, 0.15) is 18.5 Å². The molecule has 0 fully saturated rings. The molecule has 0 saturated carbocycles. The maximum Gasteiger partial charge on any atom is 0.346 e. The number of benzene rings is 1. The van der Waals surface area contributed by atoms with Gasteiger partial charge in [0.2, 0.25) is 5.91 Å². The summed E-state index contributed by atoms with van der Waals surface area (Å²) in [5.74, 6) is 0.320. The topological polar surface area (TPSA) is 86.2 Å². The first kappa shape index (κ1) is 17.7. The van der Waals surface area contributed by atoms with E-state index in [2.05, 4.69) is 10.3 Å². The Kier molecular flexibility index (Phi) is 5.01. The number of hydrogen-bond donors (Lipinski definition) is 0. The van der Waals surface area contributed by atoms with Crippen LogP contribution >= 0.6 is 0 Å². The predicted octanol–water partition coefficient (Wildman–Crippen LogP) is 1.94. The average molecular weight is 355 g/mol. The van der Waals surface area contributed by atoms with Crippen molar-refractivity contribution in [1.82, 2.24) is 24.4 Å². The van der Waals surface area contributed by atoms with Gasteiger partial charge in [-0.25, -0.2) is 9.48 Å². The maximum absolute atomic E-state index is 12.6. The summed E-state index contributed by atoms with van der Waals surface area (Å²) < 4.78 is 7.59. The summed E-state index contributed by atoms with van der Waals surface area (Å²) in [7, 11) is 1.67. The van der Waals surface area contributed by atoms with Crippen LogP contribution in [0, 0.1) is 0 Å². The zero-order chi connectivity index (χ0) is 18.7. The standard InChI is InChI=1S/C18H21N5O3/c1-4-22-17(14-8-6-5-7-9-14)19-23(18(22)25)12-16(24)21(3)13(2)15-10-11-26-20-15/h5-11,13H,4,12H2,1-3H3/t13-/m0/s1. The van der Waals surface area contributed by atoms with Crippen LogP contribution < -0.4 is 5.69 Å². The summed E-state index contributed by atoms with van der Waals surface area (Å²) in [5.41, 5.74) is 1.18. The molecule has 8 nitrogen and oxygen atoms in total. The minimum absolute atomic E-state index is 0.135. The predicted molar refractivity (Wildman–Crippen MR) is 95.3 cm³/mol. The van der Waals surface area contributed by atoms with Gasteiger partial charge in [-0.05, 0) is 13.8 Å². The highest BCUT2D eigenvalue weighted by Crippen LogP contribution is 2.17. The first-order valence-electron chi connectivity index (χ1n) is 8.42. The second-order valence-electron chi connectivity index (χ2n) is 5.98. The van der Waals surface area contributed by atoms with Gasteiger partial charge in [-0.3, -0.25) is 9.36 Å². The summed E-state index contributed by atoms with van der Waals surface area (Å²) in [6.07, 6.45) is 1.46. The molecule has 2 aromatic heterocycles. The molecule has 3 rings (SSSR count). The quantitative estimate of drug-likeness (QED) is 0.674. The summed E-state index contributed by atoms with van der Waals surface area (Å²) in [4.78, 5) is 26.7. The molecule has 26 heavy (non-hydrogen) atoms. The summed E-state index contributed by atoms with van der Waals surface area (Å²) in [5, 5.41) is 8.24. The van der Waals surface area contributed by atoms with E-state index in [9.17, 15) is 9.59 Å². The van der Waals surface area contributed by atoms with Gasteiger partial charge in [0, 0.05) is 25.2 Å². The molecule has 0 spiro atoms. The second-order valence-corrected chi connectivity index (χ2v) is 5.98. The number of nitrogens with zero attached hydrogens (tertiary/aromatic N) is 5. The van der Waals surface area contributed by atoms with Crippen LogP contribution in [0.5, 0.6) is 0 Å². The summed E-state index contributed by atoms with van der Waals surface area (Å²) in [6, 6.07) is 10.9. The van der Waals surface area contributed by atoms with Crippen molar-refractivity contribution in [3.05, 3.63) is 58.8 Å². The van der Waals surface area contributed by atoms with Crippen LogP contribution in [0.3, 0.4) is 0 Å². The van der Waals surface area contributed by atoms with E-state index in [1.54, 1.807) is 17.7 Å². The minimum Gasteiger partial charge on any atom is -0.364 e. The van der Waals surface area contributed by atoms with Crippen LogP contribution in [0.2, 0.25) is 0 Å². The van der Waals surface area contributed by atoms with Gasteiger partial charge in [0.25, 0.3) is 0 Å². The molecule has 136 valence electrons. The lowest BCUT2D eigenvalue weighted by Gasteiger charge is -2.22.